The van der Waals surface area contributed by atoms with E-state index in [-0.39, 0.29) is 11.7 Å². The van der Waals surface area contributed by atoms with Crippen LogP contribution in [0.4, 0.5) is 10.6 Å². The summed E-state index contributed by atoms with van der Waals surface area (Å²) < 4.78 is 0.723. The molecule has 1 rings (SSSR count). The highest BCUT2D eigenvalue weighted by Crippen LogP contribution is 2.08. The van der Waals surface area contributed by atoms with Crippen molar-refractivity contribution in [1.82, 2.24) is 9.78 Å². The lowest BCUT2D eigenvalue weighted by atomic mass is 10.3. The van der Waals surface area contributed by atoms with Gasteiger partial charge in [0.05, 0.1) is 6.04 Å². The minimum absolute atomic E-state index is 0.250. The van der Waals surface area contributed by atoms with E-state index < -0.39 is 12.1 Å². The van der Waals surface area contributed by atoms with Gasteiger partial charge in [-0.3, -0.25) is 9.69 Å². The molecule has 0 fully saturated rings. The molecule has 1 amide bonds. The molecule has 0 aliphatic carbocycles. The van der Waals surface area contributed by atoms with Crippen molar-refractivity contribution < 1.29 is 14.7 Å². The van der Waals surface area contributed by atoms with Gasteiger partial charge in [-0.25, -0.2) is 4.79 Å². The first-order chi connectivity index (χ1) is 6.93. The van der Waals surface area contributed by atoms with Gasteiger partial charge in [0.1, 0.15) is 0 Å². The predicted octanol–water partition coefficient (Wildman–Crippen LogP) is -0.281. The number of carboxylic acid groups (broad SMARTS) is 1. The fourth-order valence-electron chi connectivity index (χ4n) is 1.02. The molecule has 1 heterocycles. The van der Waals surface area contributed by atoms with Crippen LogP contribution in [0.3, 0.4) is 0 Å². The molecule has 0 aliphatic heterocycles. The smallest absolute Gasteiger partial charge is 0.432 e. The van der Waals surface area contributed by atoms with Gasteiger partial charge in [0.2, 0.25) is 5.91 Å². The number of aromatic nitrogens is 2. The zero-order valence-corrected chi connectivity index (χ0v) is 8.41. The van der Waals surface area contributed by atoms with Crippen molar-refractivity contribution in [3.8, 4) is 0 Å². The molecule has 7 heteroatoms. The second-order valence-electron chi connectivity index (χ2n) is 3.09. The standard InChI is InChI=1S/C8H12N4O3/c1-5(9)7(13)11(2)6-3-4-12(10-6)8(14)15/h3-5H,9H2,1-2H3,(H,14,15)/t5-/m0/s1. The monoisotopic (exact) mass is 212 g/mol. The Hall–Kier alpha value is -1.89. The van der Waals surface area contributed by atoms with Crippen molar-refractivity contribution in [2.75, 3.05) is 11.9 Å². The van der Waals surface area contributed by atoms with E-state index in [0.29, 0.717) is 0 Å². The molecule has 0 unspecified atom stereocenters. The molecule has 0 bridgehead atoms. The van der Waals surface area contributed by atoms with Crippen molar-refractivity contribution >= 4 is 17.8 Å². The van der Waals surface area contributed by atoms with Crippen LogP contribution in [0.2, 0.25) is 0 Å². The number of hydrogen-bond acceptors (Lipinski definition) is 4. The quantitative estimate of drug-likeness (QED) is 0.702. The topological polar surface area (TPSA) is 101 Å². The number of nitrogens with two attached hydrogens (primary N) is 1. The van der Waals surface area contributed by atoms with E-state index in [0.717, 1.165) is 4.68 Å². The number of nitrogens with zero attached hydrogens (tertiary/aromatic N) is 3. The van der Waals surface area contributed by atoms with Gasteiger partial charge in [-0.1, -0.05) is 0 Å². The second kappa shape index (κ2) is 4.09. The van der Waals surface area contributed by atoms with Crippen LogP contribution in [-0.2, 0) is 4.79 Å². The average Bonchev–Trinajstić information content (AvgIpc) is 2.64. The van der Waals surface area contributed by atoms with Crippen molar-refractivity contribution in [1.29, 1.82) is 0 Å². The maximum absolute atomic E-state index is 11.4. The van der Waals surface area contributed by atoms with Crippen LogP contribution in [0.25, 0.3) is 0 Å². The molecular weight excluding hydrogens is 200 g/mol. The molecule has 0 saturated heterocycles. The van der Waals surface area contributed by atoms with Gasteiger partial charge >= 0.3 is 6.09 Å². The fraction of sp³-hybridized carbons (Fsp3) is 0.375. The number of anilines is 1. The van der Waals surface area contributed by atoms with Gasteiger partial charge in [-0.2, -0.15) is 4.68 Å². The second-order valence-corrected chi connectivity index (χ2v) is 3.09. The predicted molar refractivity (Wildman–Crippen MR) is 52.7 cm³/mol. The summed E-state index contributed by atoms with van der Waals surface area (Å²) in [5.41, 5.74) is 5.40. The summed E-state index contributed by atoms with van der Waals surface area (Å²) in [6.45, 7) is 1.55. The van der Waals surface area contributed by atoms with Crippen LogP contribution in [-0.4, -0.2) is 40.0 Å². The molecule has 0 saturated carbocycles. The Balaban J connectivity index is 2.87. The summed E-state index contributed by atoms with van der Waals surface area (Å²) in [4.78, 5) is 23.2. The van der Waals surface area contributed by atoms with E-state index >= 15 is 0 Å². The highest BCUT2D eigenvalue weighted by molar-refractivity contribution is 5.95. The number of likely N-dealkylation sites (N-methyl/N-ethyl adjacent to an activating group) is 1. The minimum Gasteiger partial charge on any atom is -0.463 e. The first-order valence-electron chi connectivity index (χ1n) is 4.25. The Labute approximate surface area is 86.1 Å². The fourth-order valence-corrected chi connectivity index (χ4v) is 1.02. The van der Waals surface area contributed by atoms with Crippen molar-refractivity contribution in [3.05, 3.63) is 12.3 Å². The third kappa shape index (κ3) is 2.32. The van der Waals surface area contributed by atoms with Gasteiger partial charge in [0, 0.05) is 19.3 Å². The van der Waals surface area contributed by atoms with E-state index in [1.807, 2.05) is 0 Å². The van der Waals surface area contributed by atoms with Gasteiger partial charge in [0.25, 0.3) is 0 Å². The summed E-state index contributed by atoms with van der Waals surface area (Å²) in [6, 6.07) is 0.777. The van der Waals surface area contributed by atoms with Crippen LogP contribution in [0.1, 0.15) is 6.92 Å². The van der Waals surface area contributed by atoms with Crippen LogP contribution >= 0.6 is 0 Å². The zero-order valence-electron chi connectivity index (χ0n) is 8.41. The number of rotatable bonds is 2. The van der Waals surface area contributed by atoms with Gasteiger partial charge in [-0.05, 0) is 6.92 Å². The summed E-state index contributed by atoms with van der Waals surface area (Å²) in [6.07, 6.45) is 0.0470. The van der Waals surface area contributed by atoms with E-state index in [2.05, 4.69) is 5.10 Å². The maximum atomic E-state index is 11.4. The van der Waals surface area contributed by atoms with E-state index in [1.54, 1.807) is 6.92 Å². The van der Waals surface area contributed by atoms with E-state index in [9.17, 15) is 9.59 Å². The Morgan fingerprint density at radius 2 is 2.27 bits per heavy atom. The molecule has 15 heavy (non-hydrogen) atoms. The molecule has 0 aromatic carbocycles. The summed E-state index contributed by atoms with van der Waals surface area (Å²) in [7, 11) is 1.49. The van der Waals surface area contributed by atoms with Crippen LogP contribution < -0.4 is 10.6 Å². The molecule has 1 atom stereocenters. The van der Waals surface area contributed by atoms with Crippen LogP contribution in [0.5, 0.6) is 0 Å². The zero-order chi connectivity index (χ0) is 11.6. The Kier molecular flexibility index (Phi) is 3.05. The van der Waals surface area contributed by atoms with E-state index in [1.165, 1.54) is 24.2 Å². The minimum atomic E-state index is -1.21. The molecule has 1 aromatic heterocycles. The largest absolute Gasteiger partial charge is 0.463 e. The van der Waals surface area contributed by atoms with Gasteiger partial charge in [0.15, 0.2) is 5.82 Å². The van der Waals surface area contributed by atoms with Crippen LogP contribution in [0.15, 0.2) is 12.3 Å². The lowest BCUT2D eigenvalue weighted by Crippen LogP contribution is -2.40. The molecule has 1 aromatic rings. The van der Waals surface area contributed by atoms with E-state index in [4.69, 9.17) is 10.8 Å². The number of amides is 1. The molecular formula is C8H12N4O3. The Morgan fingerprint density at radius 3 is 2.67 bits per heavy atom. The molecule has 0 aliphatic rings. The summed E-state index contributed by atoms with van der Waals surface area (Å²) in [5.74, 6) is -0.0784. The molecule has 7 nitrogen and oxygen atoms in total. The molecule has 3 N–H and O–H groups in total. The Morgan fingerprint density at radius 1 is 1.67 bits per heavy atom. The van der Waals surface area contributed by atoms with Crippen LogP contribution in [0, 0.1) is 0 Å². The molecule has 0 radical (unpaired) electrons. The average molecular weight is 212 g/mol. The maximum Gasteiger partial charge on any atom is 0.432 e. The first kappa shape index (κ1) is 11.2. The summed E-state index contributed by atoms with van der Waals surface area (Å²) in [5, 5.41) is 12.3. The first-order valence-corrected chi connectivity index (χ1v) is 4.25. The third-order valence-electron chi connectivity index (χ3n) is 1.83. The van der Waals surface area contributed by atoms with Gasteiger partial charge < -0.3 is 10.8 Å². The highest BCUT2D eigenvalue weighted by atomic mass is 16.4. The number of hydrogen-bond donors (Lipinski definition) is 2. The highest BCUT2D eigenvalue weighted by Gasteiger charge is 2.17. The molecule has 0 spiro atoms. The normalized spacial score (nSPS) is 12.2. The lowest BCUT2D eigenvalue weighted by Gasteiger charge is -2.15. The molecule has 82 valence electrons. The SMILES string of the molecule is C[C@H](N)C(=O)N(C)c1ccn(C(=O)O)n1. The van der Waals surface area contributed by atoms with Crippen molar-refractivity contribution in [2.24, 2.45) is 5.73 Å². The van der Waals surface area contributed by atoms with Crippen molar-refractivity contribution in [3.63, 3.8) is 0 Å². The van der Waals surface area contributed by atoms with Gasteiger partial charge in [-0.15, -0.1) is 5.10 Å². The third-order valence-corrected chi connectivity index (χ3v) is 1.83. The van der Waals surface area contributed by atoms with Crippen molar-refractivity contribution in [2.45, 2.75) is 13.0 Å². The Bertz CT molecular complexity index is 385. The summed E-state index contributed by atoms with van der Waals surface area (Å²) >= 11 is 0. The number of carbonyl (C=O) groups is 2. The lowest BCUT2D eigenvalue weighted by molar-refractivity contribution is -0.119. The number of carbonyl (C=O) groups excluding carboxylic acids is 1.